The van der Waals surface area contributed by atoms with Crippen molar-refractivity contribution >= 4 is 47.8 Å². The molecular weight excluding hydrogens is 580 g/mol. The van der Waals surface area contributed by atoms with Crippen molar-refractivity contribution in [2.75, 3.05) is 26.2 Å². The van der Waals surface area contributed by atoms with Crippen LogP contribution >= 0.6 is 0 Å². The van der Waals surface area contributed by atoms with Gasteiger partial charge in [-0.05, 0) is 45.4 Å². The van der Waals surface area contributed by atoms with Gasteiger partial charge in [-0.15, -0.1) is 0 Å². The molecule has 0 aliphatic carbocycles. The number of aliphatic hydroxyl groups excluding tert-OH is 1. The van der Waals surface area contributed by atoms with Crippen molar-refractivity contribution in [2.45, 2.75) is 75.7 Å². The molecule has 0 rings (SSSR count). The van der Waals surface area contributed by atoms with Gasteiger partial charge in [0.2, 0.25) is 23.6 Å². The molecule has 4 amide bonds. The van der Waals surface area contributed by atoms with Crippen LogP contribution in [0.25, 0.3) is 0 Å². The average molecular weight is 629 g/mol. The number of hydrogen-bond donors (Lipinski definition) is 12. The van der Waals surface area contributed by atoms with Crippen molar-refractivity contribution in [1.82, 2.24) is 21.3 Å². The van der Waals surface area contributed by atoms with E-state index < -0.39 is 60.4 Å². The molecule has 0 aromatic heterocycles. The van der Waals surface area contributed by atoms with E-state index in [1.807, 2.05) is 0 Å². The number of guanidine groups is 3. The summed E-state index contributed by atoms with van der Waals surface area (Å²) in [6, 6.07) is -5.64. The molecule has 0 spiro atoms. The number of nitrogens with zero attached hydrogens (tertiary/aromatic N) is 3. The summed E-state index contributed by atoms with van der Waals surface area (Å²) >= 11 is 0. The van der Waals surface area contributed by atoms with Crippen LogP contribution in [-0.4, -0.2) is 109 Å². The van der Waals surface area contributed by atoms with Crippen LogP contribution in [-0.2, 0) is 24.0 Å². The number of aldehydes is 1. The topological polar surface area (TPSA) is 373 Å². The number of nitrogens with two attached hydrogens (primary N) is 7. The van der Waals surface area contributed by atoms with Crippen LogP contribution in [0.4, 0.5) is 0 Å². The quantitative estimate of drug-likeness (QED) is 0.0230. The van der Waals surface area contributed by atoms with E-state index in [0.717, 1.165) is 0 Å². The molecule has 44 heavy (non-hydrogen) atoms. The SMILES string of the molecule is C[C@H](NC(=O)[C@H](CO)NC(=O)[C@H](CCCN=C(N)N)NC(=O)[C@@H](N)CCCN=C(N)N)C(=O)N[C@H](C=O)CCCN=C(N)N. The monoisotopic (exact) mass is 628 g/mol. The Morgan fingerprint density at radius 2 is 1.11 bits per heavy atom. The second-order valence-electron chi connectivity index (χ2n) is 9.74. The molecule has 19 N–H and O–H groups in total. The number of aliphatic imine (C=N–C) groups is 3. The van der Waals surface area contributed by atoms with Gasteiger partial charge in [-0.1, -0.05) is 0 Å². The second kappa shape index (κ2) is 21.9. The molecule has 0 heterocycles. The summed E-state index contributed by atoms with van der Waals surface area (Å²) < 4.78 is 0. The molecule has 0 unspecified atom stereocenters. The summed E-state index contributed by atoms with van der Waals surface area (Å²) in [4.78, 5) is 73.9. The van der Waals surface area contributed by atoms with Crippen LogP contribution in [0.15, 0.2) is 15.0 Å². The highest BCUT2D eigenvalue weighted by molar-refractivity contribution is 5.95. The summed E-state index contributed by atoms with van der Waals surface area (Å²) in [7, 11) is 0. The highest BCUT2D eigenvalue weighted by Gasteiger charge is 2.29. The molecule has 0 bridgehead atoms. The lowest BCUT2D eigenvalue weighted by molar-refractivity contribution is -0.134. The van der Waals surface area contributed by atoms with Crippen molar-refractivity contribution in [2.24, 2.45) is 55.1 Å². The van der Waals surface area contributed by atoms with Crippen molar-refractivity contribution < 1.29 is 29.1 Å². The Labute approximate surface area is 255 Å². The summed E-state index contributed by atoms with van der Waals surface area (Å²) in [6.07, 6.45) is 2.14. The van der Waals surface area contributed by atoms with Gasteiger partial charge in [0.1, 0.15) is 24.4 Å². The van der Waals surface area contributed by atoms with Crippen molar-refractivity contribution in [3.05, 3.63) is 0 Å². The van der Waals surface area contributed by atoms with Crippen LogP contribution in [0.3, 0.4) is 0 Å². The van der Waals surface area contributed by atoms with E-state index in [9.17, 15) is 29.1 Å². The largest absolute Gasteiger partial charge is 0.394 e. The number of carbonyl (C=O) groups is 5. The molecule has 250 valence electrons. The van der Waals surface area contributed by atoms with Gasteiger partial charge < -0.3 is 71.3 Å². The molecule has 0 aromatic rings. The maximum absolute atomic E-state index is 13.1. The van der Waals surface area contributed by atoms with E-state index in [2.05, 4.69) is 36.2 Å². The predicted molar refractivity (Wildman–Crippen MR) is 164 cm³/mol. The predicted octanol–water partition coefficient (Wildman–Crippen LogP) is -6.38. The standard InChI is InChI=1S/C24H48N14O6/c1-13(18(41)36-14(11-39)5-2-8-32-22(26)27)35-21(44)17(12-40)38-20(43)16(7-4-10-34-24(30)31)37-19(42)15(25)6-3-9-33-23(28)29/h11,13-17,40H,2-10,12,25H2,1H3,(H,35,44)(H,36,41)(H,37,42)(H,38,43)(H4,26,27,32)(H4,28,29,33)(H4,30,31,34)/t13-,14-,15-,16-,17-/m0/s1. The Hall–Kier alpha value is -4.72. The number of carbonyl (C=O) groups excluding carboxylic acids is 5. The zero-order valence-corrected chi connectivity index (χ0v) is 24.9. The number of hydrogen-bond acceptors (Lipinski definition) is 10. The molecule has 20 heteroatoms. The lowest BCUT2D eigenvalue weighted by Crippen LogP contribution is -2.58. The highest BCUT2D eigenvalue weighted by atomic mass is 16.3. The first kappa shape index (κ1) is 39.3. The first-order valence-corrected chi connectivity index (χ1v) is 13.9. The van der Waals surface area contributed by atoms with Gasteiger partial charge >= 0.3 is 0 Å². The Morgan fingerprint density at radius 1 is 0.659 bits per heavy atom. The van der Waals surface area contributed by atoms with E-state index in [1.54, 1.807) is 0 Å². The first-order valence-electron chi connectivity index (χ1n) is 13.9. The van der Waals surface area contributed by atoms with Gasteiger partial charge in [0.05, 0.1) is 18.7 Å². The lowest BCUT2D eigenvalue weighted by Gasteiger charge is -2.24. The second-order valence-corrected chi connectivity index (χ2v) is 9.74. The molecule has 0 aromatic carbocycles. The minimum atomic E-state index is -1.48. The van der Waals surface area contributed by atoms with E-state index in [0.29, 0.717) is 19.1 Å². The average Bonchev–Trinajstić information content (AvgIpc) is 2.95. The van der Waals surface area contributed by atoms with Crippen molar-refractivity contribution in [3.8, 4) is 0 Å². The van der Waals surface area contributed by atoms with Crippen molar-refractivity contribution in [1.29, 1.82) is 0 Å². The smallest absolute Gasteiger partial charge is 0.245 e. The fraction of sp³-hybridized carbons (Fsp3) is 0.667. The third-order valence-electron chi connectivity index (χ3n) is 5.91. The Bertz CT molecular complexity index is 1020. The Balaban J connectivity index is 5.27. The normalized spacial score (nSPS) is 13.9. The minimum Gasteiger partial charge on any atom is -0.394 e. The first-order chi connectivity index (χ1) is 20.7. The third-order valence-corrected chi connectivity index (χ3v) is 5.91. The lowest BCUT2D eigenvalue weighted by atomic mass is 10.1. The molecule has 0 saturated carbocycles. The molecule has 5 atom stereocenters. The Kier molecular flexibility index (Phi) is 19.6. The van der Waals surface area contributed by atoms with Crippen molar-refractivity contribution in [3.63, 3.8) is 0 Å². The summed E-state index contributed by atoms with van der Waals surface area (Å²) in [6.45, 7) is 1.19. The van der Waals surface area contributed by atoms with Gasteiger partial charge in [-0.2, -0.15) is 0 Å². The number of nitrogens with one attached hydrogen (secondary N) is 4. The molecule has 0 aliphatic rings. The van der Waals surface area contributed by atoms with Gasteiger partial charge in [-0.25, -0.2) is 0 Å². The molecule has 0 saturated heterocycles. The molecule has 20 nitrogen and oxygen atoms in total. The molecule has 0 radical (unpaired) electrons. The summed E-state index contributed by atoms with van der Waals surface area (Å²) in [5.74, 6) is -3.37. The summed E-state index contributed by atoms with van der Waals surface area (Å²) in [5.41, 5.74) is 37.6. The summed E-state index contributed by atoms with van der Waals surface area (Å²) in [5, 5.41) is 19.5. The van der Waals surface area contributed by atoms with Crippen LogP contribution in [0.1, 0.15) is 45.4 Å². The molecule has 0 aliphatic heterocycles. The zero-order valence-electron chi connectivity index (χ0n) is 24.9. The van der Waals surface area contributed by atoms with E-state index in [-0.39, 0.29) is 63.2 Å². The minimum absolute atomic E-state index is 0.0594. The number of rotatable bonds is 22. The molecular formula is C24H48N14O6. The van der Waals surface area contributed by atoms with Crippen LogP contribution in [0.2, 0.25) is 0 Å². The van der Waals surface area contributed by atoms with Crippen LogP contribution in [0, 0.1) is 0 Å². The fourth-order valence-electron chi connectivity index (χ4n) is 3.55. The zero-order chi connectivity index (χ0) is 33.7. The van der Waals surface area contributed by atoms with Gasteiger partial charge in [0.15, 0.2) is 17.9 Å². The third kappa shape index (κ3) is 18.0. The van der Waals surface area contributed by atoms with Gasteiger partial charge in [0, 0.05) is 19.6 Å². The van der Waals surface area contributed by atoms with Crippen LogP contribution in [0.5, 0.6) is 0 Å². The highest BCUT2D eigenvalue weighted by Crippen LogP contribution is 2.03. The van der Waals surface area contributed by atoms with E-state index >= 15 is 0 Å². The Morgan fingerprint density at radius 3 is 1.59 bits per heavy atom. The maximum atomic E-state index is 13.1. The van der Waals surface area contributed by atoms with E-state index in [1.165, 1.54) is 6.92 Å². The van der Waals surface area contributed by atoms with Gasteiger partial charge in [-0.3, -0.25) is 34.2 Å². The maximum Gasteiger partial charge on any atom is 0.245 e. The van der Waals surface area contributed by atoms with Crippen LogP contribution < -0.4 is 61.4 Å². The van der Waals surface area contributed by atoms with Gasteiger partial charge in [0.25, 0.3) is 0 Å². The number of amides is 4. The molecule has 0 fully saturated rings. The number of aliphatic hydroxyl groups is 1. The van der Waals surface area contributed by atoms with E-state index in [4.69, 9.17) is 40.1 Å². The fourth-order valence-corrected chi connectivity index (χ4v) is 3.55.